The van der Waals surface area contributed by atoms with Crippen LogP contribution in [0.1, 0.15) is 18.9 Å². The van der Waals surface area contributed by atoms with Gasteiger partial charge in [0.15, 0.2) is 5.11 Å². The predicted molar refractivity (Wildman–Crippen MR) is 104 cm³/mol. The molecule has 0 unspecified atom stereocenters. The summed E-state index contributed by atoms with van der Waals surface area (Å²) in [5.74, 6) is -0.357. The molecule has 3 amide bonds. The fourth-order valence-corrected chi connectivity index (χ4v) is 3.64. The lowest BCUT2D eigenvalue weighted by Crippen LogP contribution is -3.14. The average molecular weight is 393 g/mol. The number of hydrazine groups is 1. The number of carbonyl (C=O) groups is 2. The van der Waals surface area contributed by atoms with E-state index in [0.29, 0.717) is 13.0 Å². The third-order valence-corrected chi connectivity index (χ3v) is 5.30. The number of imide groups is 1. The molecule has 4 N–H and O–H groups in total. The van der Waals surface area contributed by atoms with Crippen LogP contribution in [0.2, 0.25) is 0 Å². The van der Waals surface area contributed by atoms with E-state index in [1.807, 2.05) is 37.3 Å². The van der Waals surface area contributed by atoms with Crippen molar-refractivity contribution in [1.82, 2.24) is 21.1 Å². The maximum Gasteiger partial charge on any atom is 0.344 e. The van der Waals surface area contributed by atoms with Crippen LogP contribution in [0.5, 0.6) is 0 Å². The summed E-state index contributed by atoms with van der Waals surface area (Å²) in [4.78, 5) is 26.9. The Balaban J connectivity index is 1.57. The normalized spacial score (nSPS) is 23.2. The summed E-state index contributed by atoms with van der Waals surface area (Å²) in [5.41, 5.74) is 2.42. The number of rotatable bonds is 6. The van der Waals surface area contributed by atoms with Gasteiger partial charge < -0.3 is 20.3 Å². The van der Waals surface area contributed by atoms with Crippen molar-refractivity contribution in [1.29, 1.82) is 0 Å². The molecule has 1 atom stereocenters. The van der Waals surface area contributed by atoms with Crippen LogP contribution < -0.4 is 21.0 Å². The molecule has 0 aromatic heterocycles. The quantitative estimate of drug-likeness (QED) is 0.372. The first-order valence-corrected chi connectivity index (χ1v) is 9.65. The van der Waals surface area contributed by atoms with E-state index in [9.17, 15) is 9.59 Å². The maximum atomic E-state index is 13.0. The second-order valence-corrected chi connectivity index (χ2v) is 7.08. The summed E-state index contributed by atoms with van der Waals surface area (Å²) in [7, 11) is 0. The van der Waals surface area contributed by atoms with E-state index in [-0.39, 0.29) is 11.0 Å². The van der Waals surface area contributed by atoms with Crippen LogP contribution in [0, 0.1) is 0 Å². The number of nitrogens with one attached hydrogen (secondary N) is 4. The highest BCUT2D eigenvalue weighted by atomic mass is 32.1. The molecular weight excluding hydrogens is 366 g/mol. The smallest absolute Gasteiger partial charge is 0.344 e. The van der Waals surface area contributed by atoms with E-state index in [0.717, 1.165) is 43.4 Å². The second-order valence-electron chi connectivity index (χ2n) is 6.68. The van der Waals surface area contributed by atoms with Crippen LogP contribution in [0.4, 0.5) is 4.79 Å². The lowest BCUT2D eigenvalue weighted by atomic mass is 9.87. The SMILES string of the molecule is CC[C@@]1(c2ccccc2)NC(=O)N(NC(=S)NCC[NH+]2CCOCC2)C1=O. The van der Waals surface area contributed by atoms with Crippen LogP contribution in [0.15, 0.2) is 30.3 Å². The number of ether oxygens (including phenoxy) is 1. The largest absolute Gasteiger partial charge is 0.370 e. The van der Waals surface area contributed by atoms with Crippen LogP contribution in [0.25, 0.3) is 0 Å². The van der Waals surface area contributed by atoms with E-state index in [1.165, 1.54) is 4.90 Å². The summed E-state index contributed by atoms with van der Waals surface area (Å²) in [6, 6.07) is 8.75. The van der Waals surface area contributed by atoms with Gasteiger partial charge in [0, 0.05) is 0 Å². The third kappa shape index (κ3) is 4.20. The molecule has 3 rings (SSSR count). The van der Waals surface area contributed by atoms with Crippen LogP contribution in [0.3, 0.4) is 0 Å². The lowest BCUT2D eigenvalue weighted by molar-refractivity contribution is -0.906. The predicted octanol–water partition coefficient (Wildman–Crippen LogP) is -0.862. The van der Waals surface area contributed by atoms with Gasteiger partial charge in [0.05, 0.1) is 26.3 Å². The van der Waals surface area contributed by atoms with Crippen molar-refractivity contribution in [2.75, 3.05) is 39.4 Å². The van der Waals surface area contributed by atoms with Crippen molar-refractivity contribution >= 4 is 29.3 Å². The zero-order valence-electron chi connectivity index (χ0n) is 15.4. The number of benzene rings is 1. The Morgan fingerprint density at radius 3 is 2.67 bits per heavy atom. The Bertz CT molecular complexity index is 695. The van der Waals surface area contributed by atoms with Gasteiger partial charge >= 0.3 is 6.03 Å². The topological polar surface area (TPSA) is 87.1 Å². The number of amides is 3. The number of nitrogens with zero attached hydrogens (tertiary/aromatic N) is 1. The van der Waals surface area contributed by atoms with E-state index in [4.69, 9.17) is 17.0 Å². The van der Waals surface area contributed by atoms with Crippen molar-refractivity contribution in [3.8, 4) is 0 Å². The van der Waals surface area contributed by atoms with E-state index >= 15 is 0 Å². The van der Waals surface area contributed by atoms with Crippen LogP contribution in [-0.2, 0) is 15.1 Å². The summed E-state index contributed by atoms with van der Waals surface area (Å²) in [6.07, 6.45) is 0.445. The number of hydrogen-bond acceptors (Lipinski definition) is 4. The molecular formula is C18H26N5O3S+. The molecule has 0 aliphatic carbocycles. The molecule has 0 saturated carbocycles. The van der Waals surface area contributed by atoms with Gasteiger partial charge in [0.1, 0.15) is 18.6 Å². The Labute approximate surface area is 164 Å². The van der Waals surface area contributed by atoms with E-state index in [1.54, 1.807) is 0 Å². The molecule has 2 fully saturated rings. The van der Waals surface area contributed by atoms with Crippen molar-refractivity contribution < 1.29 is 19.2 Å². The lowest BCUT2D eigenvalue weighted by Gasteiger charge is -2.26. The Morgan fingerprint density at radius 1 is 1.30 bits per heavy atom. The number of carbonyl (C=O) groups excluding carboxylic acids is 2. The fraction of sp³-hybridized carbons (Fsp3) is 0.500. The molecule has 146 valence electrons. The molecule has 2 aliphatic rings. The van der Waals surface area contributed by atoms with Gasteiger partial charge in [-0.15, -0.1) is 0 Å². The highest BCUT2D eigenvalue weighted by molar-refractivity contribution is 7.80. The summed E-state index contributed by atoms with van der Waals surface area (Å²) >= 11 is 5.26. The molecule has 8 nitrogen and oxygen atoms in total. The molecule has 1 aromatic rings. The van der Waals surface area contributed by atoms with Crippen molar-refractivity contribution in [3.63, 3.8) is 0 Å². The van der Waals surface area contributed by atoms with Crippen molar-refractivity contribution in [2.24, 2.45) is 0 Å². The highest BCUT2D eigenvalue weighted by Gasteiger charge is 2.51. The van der Waals surface area contributed by atoms with Gasteiger partial charge in [-0.1, -0.05) is 37.3 Å². The minimum Gasteiger partial charge on any atom is -0.370 e. The monoisotopic (exact) mass is 392 g/mol. The van der Waals surface area contributed by atoms with Crippen LogP contribution in [-0.4, -0.2) is 61.5 Å². The first-order valence-electron chi connectivity index (χ1n) is 9.25. The number of morpholine rings is 1. The number of quaternary nitrogens is 1. The van der Waals surface area contributed by atoms with E-state index < -0.39 is 11.6 Å². The summed E-state index contributed by atoms with van der Waals surface area (Å²) in [6.45, 7) is 6.93. The molecule has 0 spiro atoms. The Morgan fingerprint density at radius 2 is 2.00 bits per heavy atom. The molecule has 2 heterocycles. The van der Waals surface area contributed by atoms with Crippen LogP contribution >= 0.6 is 12.2 Å². The number of hydrogen-bond donors (Lipinski definition) is 4. The zero-order chi connectivity index (χ0) is 19.3. The minimum absolute atomic E-state index is 0.256. The van der Waals surface area contributed by atoms with Crippen molar-refractivity contribution in [3.05, 3.63) is 35.9 Å². The molecule has 2 saturated heterocycles. The highest BCUT2D eigenvalue weighted by Crippen LogP contribution is 2.31. The first kappa shape index (κ1) is 19.5. The second kappa shape index (κ2) is 8.64. The molecule has 2 aliphatic heterocycles. The molecule has 1 aromatic carbocycles. The van der Waals surface area contributed by atoms with Gasteiger partial charge in [-0.05, 0) is 24.2 Å². The number of urea groups is 1. The van der Waals surface area contributed by atoms with Gasteiger partial charge in [-0.25, -0.2) is 4.79 Å². The van der Waals surface area contributed by atoms with Gasteiger partial charge in [0.25, 0.3) is 5.91 Å². The van der Waals surface area contributed by atoms with Gasteiger partial charge in [-0.2, -0.15) is 5.01 Å². The van der Waals surface area contributed by atoms with Gasteiger partial charge in [0.2, 0.25) is 0 Å². The molecule has 27 heavy (non-hydrogen) atoms. The minimum atomic E-state index is -1.07. The van der Waals surface area contributed by atoms with Gasteiger partial charge in [-0.3, -0.25) is 10.2 Å². The maximum absolute atomic E-state index is 13.0. The molecule has 0 radical (unpaired) electrons. The Hall–Kier alpha value is -2.23. The average Bonchev–Trinajstić information content (AvgIpc) is 2.94. The third-order valence-electron chi connectivity index (χ3n) is 5.07. The number of thiocarbonyl (C=S) groups is 1. The molecule has 0 bridgehead atoms. The van der Waals surface area contributed by atoms with Crippen molar-refractivity contribution in [2.45, 2.75) is 18.9 Å². The summed E-state index contributed by atoms with van der Waals surface area (Å²) in [5, 5.41) is 7.11. The zero-order valence-corrected chi connectivity index (χ0v) is 16.2. The van der Waals surface area contributed by atoms with E-state index in [2.05, 4.69) is 16.1 Å². The molecule has 9 heteroatoms. The standard InChI is InChI=1S/C18H25N5O3S/c1-2-18(14-6-4-3-5-7-14)15(24)23(17(25)20-18)21-16(27)19-8-9-22-10-12-26-13-11-22/h3-7H,2,8-13H2,1H3,(H,20,25)(H2,19,21,27)/p+1/t18-/m0/s1. The first-order chi connectivity index (χ1) is 13.1. The summed E-state index contributed by atoms with van der Waals surface area (Å²) < 4.78 is 5.34. The fourth-order valence-electron chi connectivity index (χ4n) is 3.44. The Kier molecular flexibility index (Phi) is 6.25.